The summed E-state index contributed by atoms with van der Waals surface area (Å²) in [5.74, 6) is -1.70. The molecule has 0 N–H and O–H groups in total. The van der Waals surface area contributed by atoms with Crippen LogP contribution < -0.4 is 0 Å². The van der Waals surface area contributed by atoms with Crippen LogP contribution >= 0.6 is 15.9 Å². The molecular weight excluding hydrogens is 420 g/mol. The van der Waals surface area contributed by atoms with Gasteiger partial charge in [0.05, 0.1) is 13.2 Å². The predicted molar refractivity (Wildman–Crippen MR) is 112 cm³/mol. The maximum atomic E-state index is 12.9. The molecule has 0 amide bonds. The van der Waals surface area contributed by atoms with E-state index in [0.29, 0.717) is 0 Å². The molecule has 2 aromatic carbocycles. The van der Waals surface area contributed by atoms with Crippen LogP contribution in [0.15, 0.2) is 65.1 Å². The summed E-state index contributed by atoms with van der Waals surface area (Å²) in [4.78, 5) is 25.9. The zero-order valence-corrected chi connectivity index (χ0v) is 17.5. The van der Waals surface area contributed by atoms with Gasteiger partial charge < -0.3 is 9.47 Å². The summed E-state index contributed by atoms with van der Waals surface area (Å²) in [5, 5.41) is 0. The van der Waals surface area contributed by atoms with Crippen LogP contribution in [-0.4, -0.2) is 25.2 Å². The van der Waals surface area contributed by atoms with E-state index in [0.717, 1.165) is 15.6 Å². The Morgan fingerprint density at radius 3 is 2.07 bits per heavy atom. The Morgan fingerprint density at radius 2 is 1.54 bits per heavy atom. The van der Waals surface area contributed by atoms with E-state index in [1.807, 2.05) is 66.7 Å². The number of rotatable bonds is 7. The molecule has 0 heterocycles. The average Bonchev–Trinajstić information content (AvgIpc) is 3.38. The largest absolute Gasteiger partial charge is 0.465 e. The van der Waals surface area contributed by atoms with Crippen LogP contribution in [0.2, 0.25) is 0 Å². The molecular formula is C23H23BrO4. The van der Waals surface area contributed by atoms with Crippen molar-refractivity contribution in [1.29, 1.82) is 0 Å². The standard InChI is InChI=1S/C23H23BrO4/c1-3-27-21(25)23(22(26)28-4-2)19(15-10-16-8-6-5-7-9-16)20(23)17-11-13-18(24)14-12-17/h5-15,19-20H,3-4H2,1-2H3/b15-10+. The number of carbonyl (C=O) groups excluding carboxylic acids is 2. The maximum Gasteiger partial charge on any atom is 0.324 e. The van der Waals surface area contributed by atoms with E-state index in [9.17, 15) is 9.59 Å². The maximum absolute atomic E-state index is 12.9. The van der Waals surface area contributed by atoms with Crippen LogP contribution in [0.5, 0.6) is 0 Å². The summed E-state index contributed by atoms with van der Waals surface area (Å²) in [6.07, 6.45) is 3.87. The molecule has 5 heteroatoms. The van der Waals surface area contributed by atoms with Gasteiger partial charge in [0.25, 0.3) is 0 Å². The number of ether oxygens (including phenoxy) is 2. The Hall–Kier alpha value is -2.40. The molecule has 1 fully saturated rings. The highest BCUT2D eigenvalue weighted by molar-refractivity contribution is 9.10. The van der Waals surface area contributed by atoms with E-state index in [4.69, 9.17) is 9.47 Å². The smallest absolute Gasteiger partial charge is 0.324 e. The van der Waals surface area contributed by atoms with Gasteiger partial charge in [-0.2, -0.15) is 0 Å². The molecule has 2 atom stereocenters. The first-order chi connectivity index (χ1) is 13.6. The van der Waals surface area contributed by atoms with Crippen molar-refractivity contribution < 1.29 is 19.1 Å². The minimum atomic E-state index is -1.34. The van der Waals surface area contributed by atoms with E-state index in [1.165, 1.54) is 0 Å². The number of hydrogen-bond acceptors (Lipinski definition) is 4. The number of hydrogen-bond donors (Lipinski definition) is 0. The van der Waals surface area contributed by atoms with Crippen molar-refractivity contribution in [2.24, 2.45) is 11.3 Å². The second-order valence-corrected chi connectivity index (χ2v) is 7.55. The molecule has 0 radical (unpaired) electrons. The van der Waals surface area contributed by atoms with Gasteiger partial charge in [0.15, 0.2) is 5.41 Å². The summed E-state index contributed by atoms with van der Waals surface area (Å²) in [6, 6.07) is 17.5. The average molecular weight is 443 g/mol. The number of benzene rings is 2. The summed E-state index contributed by atoms with van der Waals surface area (Å²) in [5.41, 5.74) is 0.572. The van der Waals surface area contributed by atoms with Crippen molar-refractivity contribution in [3.63, 3.8) is 0 Å². The third kappa shape index (κ3) is 3.76. The van der Waals surface area contributed by atoms with Crippen LogP contribution in [0, 0.1) is 11.3 Å². The predicted octanol–water partition coefficient (Wildman–Crippen LogP) is 4.99. The summed E-state index contributed by atoms with van der Waals surface area (Å²) >= 11 is 3.43. The lowest BCUT2D eigenvalue weighted by Crippen LogP contribution is -2.33. The normalized spacial score (nSPS) is 20.0. The van der Waals surface area contributed by atoms with Crippen molar-refractivity contribution in [3.8, 4) is 0 Å². The quantitative estimate of drug-likeness (QED) is 0.447. The lowest BCUT2D eigenvalue weighted by atomic mass is 9.98. The van der Waals surface area contributed by atoms with Gasteiger partial charge in [-0.15, -0.1) is 0 Å². The van der Waals surface area contributed by atoms with Crippen LogP contribution in [0.4, 0.5) is 0 Å². The van der Waals surface area contributed by atoms with Crippen molar-refractivity contribution >= 4 is 33.9 Å². The zero-order valence-electron chi connectivity index (χ0n) is 15.9. The Labute approximate surface area is 173 Å². The fourth-order valence-corrected chi connectivity index (χ4v) is 3.97. The monoisotopic (exact) mass is 442 g/mol. The second-order valence-electron chi connectivity index (χ2n) is 6.63. The molecule has 0 aromatic heterocycles. The Morgan fingerprint density at radius 1 is 0.964 bits per heavy atom. The van der Waals surface area contributed by atoms with Gasteiger partial charge >= 0.3 is 11.9 Å². The highest BCUT2D eigenvalue weighted by atomic mass is 79.9. The van der Waals surface area contributed by atoms with Crippen molar-refractivity contribution in [2.75, 3.05) is 13.2 Å². The SMILES string of the molecule is CCOC(=O)C1(C(=O)OCC)C(/C=C/c2ccccc2)C1c1ccc(Br)cc1. The third-order valence-corrected chi connectivity index (χ3v) is 5.55. The first-order valence-corrected chi connectivity index (χ1v) is 10.2. The Bertz CT molecular complexity index is 840. The lowest BCUT2D eigenvalue weighted by Gasteiger charge is -2.15. The minimum absolute atomic E-state index is 0.210. The number of halogens is 1. The molecule has 0 spiro atoms. The fraction of sp³-hybridized carbons (Fsp3) is 0.304. The minimum Gasteiger partial charge on any atom is -0.465 e. The Kier molecular flexibility index (Phi) is 6.35. The molecule has 1 aliphatic carbocycles. The summed E-state index contributed by atoms with van der Waals surface area (Å²) in [6.45, 7) is 3.90. The van der Waals surface area contributed by atoms with Gasteiger partial charge in [0, 0.05) is 16.3 Å². The van der Waals surface area contributed by atoms with Crippen LogP contribution in [-0.2, 0) is 19.1 Å². The number of allylic oxidation sites excluding steroid dienone is 1. The Balaban J connectivity index is 2.03. The van der Waals surface area contributed by atoms with E-state index in [-0.39, 0.29) is 25.0 Å². The van der Waals surface area contributed by atoms with Gasteiger partial charge in [-0.1, -0.05) is 70.5 Å². The number of carbonyl (C=O) groups is 2. The van der Waals surface area contributed by atoms with Crippen LogP contribution in [0.25, 0.3) is 6.08 Å². The highest BCUT2D eigenvalue weighted by Gasteiger charge is 2.76. The molecule has 1 saturated carbocycles. The highest BCUT2D eigenvalue weighted by Crippen LogP contribution is 2.67. The van der Waals surface area contributed by atoms with Crippen LogP contribution in [0.3, 0.4) is 0 Å². The molecule has 0 saturated heterocycles. The first kappa shape index (κ1) is 20.3. The molecule has 1 aliphatic rings. The van der Waals surface area contributed by atoms with Crippen molar-refractivity contribution in [1.82, 2.24) is 0 Å². The molecule has 2 unspecified atom stereocenters. The first-order valence-electron chi connectivity index (χ1n) is 9.38. The van der Waals surface area contributed by atoms with Gasteiger partial charge in [-0.05, 0) is 37.1 Å². The van der Waals surface area contributed by atoms with Crippen molar-refractivity contribution in [2.45, 2.75) is 19.8 Å². The topological polar surface area (TPSA) is 52.6 Å². The molecule has 3 rings (SSSR count). The lowest BCUT2D eigenvalue weighted by molar-refractivity contribution is -0.165. The second kappa shape index (κ2) is 8.74. The van der Waals surface area contributed by atoms with Gasteiger partial charge in [0.1, 0.15) is 0 Å². The van der Waals surface area contributed by atoms with E-state index in [1.54, 1.807) is 13.8 Å². The van der Waals surface area contributed by atoms with Crippen LogP contribution in [0.1, 0.15) is 30.9 Å². The summed E-state index contributed by atoms with van der Waals surface area (Å²) in [7, 11) is 0. The summed E-state index contributed by atoms with van der Waals surface area (Å²) < 4.78 is 11.6. The third-order valence-electron chi connectivity index (χ3n) is 5.02. The van der Waals surface area contributed by atoms with Gasteiger partial charge in [0.2, 0.25) is 0 Å². The molecule has 0 aliphatic heterocycles. The molecule has 2 aromatic rings. The fourth-order valence-electron chi connectivity index (χ4n) is 3.71. The van der Waals surface area contributed by atoms with Gasteiger partial charge in [-0.25, -0.2) is 0 Å². The molecule has 146 valence electrons. The zero-order chi connectivity index (χ0) is 20.1. The molecule has 28 heavy (non-hydrogen) atoms. The van der Waals surface area contributed by atoms with E-state index in [2.05, 4.69) is 15.9 Å². The molecule has 4 nitrogen and oxygen atoms in total. The van der Waals surface area contributed by atoms with E-state index < -0.39 is 17.4 Å². The number of esters is 2. The van der Waals surface area contributed by atoms with E-state index >= 15 is 0 Å². The van der Waals surface area contributed by atoms with Crippen molar-refractivity contribution in [3.05, 3.63) is 76.3 Å². The molecule has 0 bridgehead atoms. The van der Waals surface area contributed by atoms with Gasteiger partial charge in [-0.3, -0.25) is 9.59 Å².